The Morgan fingerprint density at radius 2 is 1.78 bits per heavy atom. The second-order valence-electron chi connectivity index (χ2n) is 6.27. The fourth-order valence-electron chi connectivity index (χ4n) is 3.14. The Morgan fingerprint density at radius 1 is 1.04 bits per heavy atom. The molecule has 3 rings (SSSR count). The van der Waals surface area contributed by atoms with Gasteiger partial charge < -0.3 is 14.8 Å². The molecule has 0 bridgehead atoms. The molecule has 5 heteroatoms. The third-order valence-corrected chi connectivity index (χ3v) is 4.41. The predicted octanol–water partition coefficient (Wildman–Crippen LogP) is 1.99. The maximum absolute atomic E-state index is 12.0. The lowest BCUT2D eigenvalue weighted by atomic mass is 10.1. The van der Waals surface area contributed by atoms with Crippen molar-refractivity contribution in [3.05, 3.63) is 23.8 Å². The summed E-state index contributed by atoms with van der Waals surface area (Å²) in [7, 11) is 0. The molecule has 23 heavy (non-hydrogen) atoms. The van der Waals surface area contributed by atoms with E-state index in [0.717, 1.165) is 36.6 Å². The highest BCUT2D eigenvalue weighted by Crippen LogP contribution is 2.30. The summed E-state index contributed by atoms with van der Waals surface area (Å²) in [4.78, 5) is 14.3. The van der Waals surface area contributed by atoms with Gasteiger partial charge in [0.15, 0.2) is 11.5 Å². The number of fused-ring (bicyclic) bond motifs is 1. The molecule has 1 aromatic rings. The van der Waals surface area contributed by atoms with Crippen LogP contribution in [-0.2, 0) is 11.2 Å². The minimum atomic E-state index is 0.129. The van der Waals surface area contributed by atoms with Gasteiger partial charge in [0.2, 0.25) is 5.91 Å². The van der Waals surface area contributed by atoms with Crippen molar-refractivity contribution in [3.63, 3.8) is 0 Å². The van der Waals surface area contributed by atoms with Crippen molar-refractivity contribution in [1.29, 1.82) is 0 Å². The summed E-state index contributed by atoms with van der Waals surface area (Å²) < 4.78 is 11.1. The van der Waals surface area contributed by atoms with E-state index in [1.54, 1.807) is 0 Å². The largest absolute Gasteiger partial charge is 0.486 e. The molecular weight excluding hydrogens is 292 g/mol. The molecule has 2 aliphatic heterocycles. The van der Waals surface area contributed by atoms with Gasteiger partial charge in [-0.25, -0.2) is 0 Å². The number of likely N-dealkylation sites (tertiary alicyclic amines) is 1. The third kappa shape index (κ3) is 4.86. The first kappa shape index (κ1) is 16.1. The van der Waals surface area contributed by atoms with E-state index in [2.05, 4.69) is 10.2 Å². The Hall–Kier alpha value is -1.75. The van der Waals surface area contributed by atoms with Crippen molar-refractivity contribution in [2.45, 2.75) is 32.1 Å². The van der Waals surface area contributed by atoms with E-state index in [-0.39, 0.29) is 5.91 Å². The van der Waals surface area contributed by atoms with Crippen molar-refractivity contribution in [2.75, 3.05) is 39.4 Å². The zero-order valence-electron chi connectivity index (χ0n) is 13.7. The highest BCUT2D eigenvalue weighted by atomic mass is 16.6. The number of amides is 1. The highest BCUT2D eigenvalue weighted by Gasteiger charge is 2.13. The van der Waals surface area contributed by atoms with E-state index in [1.807, 2.05) is 18.2 Å². The topological polar surface area (TPSA) is 50.8 Å². The number of nitrogens with zero attached hydrogens (tertiary/aromatic N) is 1. The molecule has 0 radical (unpaired) electrons. The lowest BCUT2D eigenvalue weighted by Crippen LogP contribution is -2.38. The van der Waals surface area contributed by atoms with Gasteiger partial charge in [-0.2, -0.15) is 0 Å². The van der Waals surface area contributed by atoms with Crippen LogP contribution in [0.4, 0.5) is 0 Å². The molecule has 0 spiro atoms. The van der Waals surface area contributed by atoms with Crippen LogP contribution in [0.25, 0.3) is 0 Å². The number of nitrogens with one attached hydrogen (secondary N) is 1. The van der Waals surface area contributed by atoms with Crippen molar-refractivity contribution in [1.82, 2.24) is 10.2 Å². The molecule has 126 valence electrons. The zero-order chi connectivity index (χ0) is 15.9. The summed E-state index contributed by atoms with van der Waals surface area (Å²) in [6.45, 7) is 4.50. The smallest absolute Gasteiger partial charge is 0.234 e. The van der Waals surface area contributed by atoms with E-state index < -0.39 is 0 Å². The molecule has 0 unspecified atom stereocenters. The highest BCUT2D eigenvalue weighted by molar-refractivity contribution is 5.78. The van der Waals surface area contributed by atoms with Crippen LogP contribution < -0.4 is 14.8 Å². The number of benzene rings is 1. The zero-order valence-corrected chi connectivity index (χ0v) is 13.7. The Balaban J connectivity index is 1.41. The van der Waals surface area contributed by atoms with Crippen molar-refractivity contribution in [2.24, 2.45) is 0 Å². The number of carbonyl (C=O) groups excluding carboxylic acids is 1. The van der Waals surface area contributed by atoms with Crippen LogP contribution in [0.1, 0.15) is 31.2 Å². The van der Waals surface area contributed by atoms with Crippen LogP contribution in [0.3, 0.4) is 0 Å². The molecule has 2 aliphatic rings. The van der Waals surface area contributed by atoms with Crippen LogP contribution in [0.5, 0.6) is 11.5 Å². The van der Waals surface area contributed by atoms with E-state index in [4.69, 9.17) is 9.47 Å². The molecular formula is C18H26N2O3. The molecule has 1 amide bonds. The first-order valence-electron chi connectivity index (χ1n) is 8.69. The van der Waals surface area contributed by atoms with Gasteiger partial charge in [-0.05, 0) is 50.0 Å². The van der Waals surface area contributed by atoms with Crippen molar-refractivity contribution < 1.29 is 14.3 Å². The second kappa shape index (κ2) is 8.20. The Labute approximate surface area is 137 Å². The van der Waals surface area contributed by atoms with Gasteiger partial charge in [0.25, 0.3) is 0 Å². The quantitative estimate of drug-likeness (QED) is 0.902. The van der Waals surface area contributed by atoms with Crippen LogP contribution in [-0.4, -0.2) is 50.2 Å². The van der Waals surface area contributed by atoms with Gasteiger partial charge in [0.05, 0.1) is 6.54 Å². The molecule has 1 saturated heterocycles. The fourth-order valence-corrected chi connectivity index (χ4v) is 3.14. The van der Waals surface area contributed by atoms with Gasteiger partial charge in [-0.15, -0.1) is 0 Å². The number of rotatable bonds is 5. The van der Waals surface area contributed by atoms with E-state index in [9.17, 15) is 4.79 Å². The van der Waals surface area contributed by atoms with Gasteiger partial charge in [-0.3, -0.25) is 9.69 Å². The van der Waals surface area contributed by atoms with Crippen LogP contribution in [0.15, 0.2) is 18.2 Å². The van der Waals surface area contributed by atoms with Gasteiger partial charge >= 0.3 is 0 Å². The fraction of sp³-hybridized carbons (Fsp3) is 0.611. The van der Waals surface area contributed by atoms with Crippen molar-refractivity contribution in [3.8, 4) is 11.5 Å². The Morgan fingerprint density at radius 3 is 2.57 bits per heavy atom. The average molecular weight is 318 g/mol. The maximum atomic E-state index is 12.0. The summed E-state index contributed by atoms with van der Waals surface area (Å²) in [5, 5.41) is 3.03. The molecule has 0 saturated carbocycles. The van der Waals surface area contributed by atoms with Crippen LogP contribution in [0, 0.1) is 0 Å². The summed E-state index contributed by atoms with van der Waals surface area (Å²) >= 11 is 0. The van der Waals surface area contributed by atoms with Gasteiger partial charge in [-0.1, -0.05) is 18.9 Å². The number of hydrogen-bond acceptors (Lipinski definition) is 4. The normalized spacial score (nSPS) is 18.3. The summed E-state index contributed by atoms with van der Waals surface area (Å²) in [5.74, 6) is 1.75. The third-order valence-electron chi connectivity index (χ3n) is 4.41. The van der Waals surface area contributed by atoms with E-state index in [1.165, 1.54) is 25.7 Å². The number of carbonyl (C=O) groups is 1. The van der Waals surface area contributed by atoms with Crippen LogP contribution in [0.2, 0.25) is 0 Å². The first-order valence-corrected chi connectivity index (χ1v) is 8.69. The molecule has 1 aromatic carbocycles. The van der Waals surface area contributed by atoms with E-state index >= 15 is 0 Å². The van der Waals surface area contributed by atoms with Crippen molar-refractivity contribution >= 4 is 5.91 Å². The predicted molar refractivity (Wildman–Crippen MR) is 89.1 cm³/mol. The molecule has 1 fully saturated rings. The molecule has 0 atom stereocenters. The standard InChI is InChI=1S/C18H26N2O3/c21-18(14-20-9-3-1-2-4-10-20)19-8-7-15-5-6-16-17(13-15)23-12-11-22-16/h5-6,13H,1-4,7-12,14H2,(H,19,21). The summed E-state index contributed by atoms with van der Waals surface area (Å²) in [5.41, 5.74) is 1.16. The minimum Gasteiger partial charge on any atom is -0.486 e. The minimum absolute atomic E-state index is 0.129. The SMILES string of the molecule is O=C(CN1CCCCCC1)NCCc1ccc2c(c1)OCCO2. The molecule has 5 nitrogen and oxygen atoms in total. The second-order valence-corrected chi connectivity index (χ2v) is 6.27. The monoisotopic (exact) mass is 318 g/mol. The first-order chi connectivity index (χ1) is 11.3. The maximum Gasteiger partial charge on any atom is 0.234 e. The number of ether oxygens (including phenoxy) is 2. The molecule has 2 heterocycles. The molecule has 0 aromatic heterocycles. The van der Waals surface area contributed by atoms with Gasteiger partial charge in [0, 0.05) is 6.54 Å². The molecule has 1 N–H and O–H groups in total. The Kier molecular flexibility index (Phi) is 5.75. The lowest BCUT2D eigenvalue weighted by molar-refractivity contribution is -0.122. The van der Waals surface area contributed by atoms with Crippen LogP contribution >= 0.6 is 0 Å². The lowest BCUT2D eigenvalue weighted by Gasteiger charge is -2.19. The molecule has 0 aliphatic carbocycles. The summed E-state index contributed by atoms with van der Waals surface area (Å²) in [6.07, 6.45) is 5.82. The van der Waals surface area contributed by atoms with Gasteiger partial charge in [0.1, 0.15) is 13.2 Å². The summed E-state index contributed by atoms with van der Waals surface area (Å²) in [6, 6.07) is 5.99. The van der Waals surface area contributed by atoms with E-state index in [0.29, 0.717) is 26.3 Å². The number of hydrogen-bond donors (Lipinski definition) is 1. The average Bonchev–Trinajstić information content (AvgIpc) is 2.83. The Bertz CT molecular complexity index is 525.